The van der Waals surface area contributed by atoms with Crippen molar-refractivity contribution in [2.75, 3.05) is 14.2 Å². The Morgan fingerprint density at radius 3 is 2.40 bits per heavy atom. The van der Waals surface area contributed by atoms with Crippen molar-refractivity contribution in [1.29, 1.82) is 5.26 Å². The van der Waals surface area contributed by atoms with E-state index < -0.39 is 22.4 Å². The molecule has 8 heteroatoms. The van der Waals surface area contributed by atoms with Crippen LogP contribution in [0.25, 0.3) is 0 Å². The van der Waals surface area contributed by atoms with E-state index in [1.807, 2.05) is 6.07 Å². The standard InChI is InChI=1S/C12H15ClN2O4S/c1-8(12(18-2)19-3)15-20(16,17)10-5-4-9(7-14)11(13)6-10/h4-6,8,12,15H,1-3H3. The maximum absolute atomic E-state index is 12.2. The normalized spacial score (nSPS) is 13.2. The van der Waals surface area contributed by atoms with Gasteiger partial charge in [0.1, 0.15) is 6.07 Å². The molecule has 0 saturated carbocycles. The summed E-state index contributed by atoms with van der Waals surface area (Å²) in [6, 6.07) is 5.16. The number of nitriles is 1. The quantitative estimate of drug-likeness (QED) is 0.803. The summed E-state index contributed by atoms with van der Waals surface area (Å²) in [7, 11) is -0.948. The van der Waals surface area contributed by atoms with Crippen molar-refractivity contribution in [3.8, 4) is 6.07 Å². The van der Waals surface area contributed by atoms with Gasteiger partial charge >= 0.3 is 0 Å². The second-order valence-electron chi connectivity index (χ2n) is 4.00. The fourth-order valence-corrected chi connectivity index (χ4v) is 3.17. The predicted molar refractivity (Wildman–Crippen MR) is 73.8 cm³/mol. The number of benzene rings is 1. The topological polar surface area (TPSA) is 88.4 Å². The van der Waals surface area contributed by atoms with Gasteiger partial charge in [0.15, 0.2) is 6.29 Å². The smallest absolute Gasteiger partial charge is 0.241 e. The van der Waals surface area contributed by atoms with E-state index in [2.05, 4.69) is 4.72 Å². The zero-order valence-corrected chi connectivity index (χ0v) is 12.8. The summed E-state index contributed by atoms with van der Waals surface area (Å²) in [4.78, 5) is -0.0284. The first-order valence-corrected chi connectivity index (χ1v) is 7.49. The van der Waals surface area contributed by atoms with Crippen LogP contribution >= 0.6 is 11.6 Å². The summed E-state index contributed by atoms with van der Waals surface area (Å²) in [5, 5.41) is 8.84. The number of halogens is 1. The highest BCUT2D eigenvalue weighted by Crippen LogP contribution is 2.20. The van der Waals surface area contributed by atoms with Crippen LogP contribution in [0.5, 0.6) is 0 Å². The zero-order chi connectivity index (χ0) is 15.3. The van der Waals surface area contributed by atoms with Gasteiger partial charge in [0.2, 0.25) is 10.0 Å². The van der Waals surface area contributed by atoms with Gasteiger partial charge in [-0.1, -0.05) is 11.6 Å². The Morgan fingerprint density at radius 1 is 1.35 bits per heavy atom. The van der Waals surface area contributed by atoms with Gasteiger partial charge in [-0.25, -0.2) is 13.1 Å². The van der Waals surface area contributed by atoms with Crippen molar-refractivity contribution in [3.05, 3.63) is 28.8 Å². The van der Waals surface area contributed by atoms with E-state index in [9.17, 15) is 8.42 Å². The summed E-state index contributed by atoms with van der Waals surface area (Å²) < 4.78 is 36.7. The number of sulfonamides is 1. The first kappa shape index (κ1) is 16.9. The number of ether oxygens (including phenoxy) is 2. The molecule has 0 bridgehead atoms. The van der Waals surface area contributed by atoms with Gasteiger partial charge in [0.05, 0.1) is 21.5 Å². The van der Waals surface area contributed by atoms with Crippen molar-refractivity contribution in [1.82, 2.24) is 4.72 Å². The third-order valence-electron chi connectivity index (χ3n) is 2.59. The Labute approximate surface area is 123 Å². The number of nitrogens with zero attached hydrogens (tertiary/aromatic N) is 1. The van der Waals surface area contributed by atoms with E-state index in [1.165, 1.54) is 32.4 Å². The summed E-state index contributed by atoms with van der Waals surface area (Å²) in [5.74, 6) is 0. The lowest BCUT2D eigenvalue weighted by Crippen LogP contribution is -2.42. The van der Waals surface area contributed by atoms with Crippen LogP contribution in [-0.2, 0) is 19.5 Å². The van der Waals surface area contributed by atoms with Crippen LogP contribution in [0.1, 0.15) is 12.5 Å². The second kappa shape index (κ2) is 7.02. The molecular formula is C12H15ClN2O4S. The molecule has 1 rings (SSSR count). The second-order valence-corrected chi connectivity index (χ2v) is 6.12. The molecule has 0 fully saturated rings. The minimum atomic E-state index is -3.78. The number of nitrogens with one attached hydrogen (secondary N) is 1. The van der Waals surface area contributed by atoms with Crippen molar-refractivity contribution in [2.24, 2.45) is 0 Å². The fourth-order valence-electron chi connectivity index (χ4n) is 1.63. The fraction of sp³-hybridized carbons (Fsp3) is 0.417. The molecule has 0 spiro atoms. The summed E-state index contributed by atoms with van der Waals surface area (Å²) in [6.45, 7) is 1.61. The maximum Gasteiger partial charge on any atom is 0.241 e. The molecule has 110 valence electrons. The maximum atomic E-state index is 12.2. The lowest BCUT2D eigenvalue weighted by molar-refractivity contribution is -0.115. The molecule has 1 unspecified atom stereocenters. The molecule has 1 aromatic carbocycles. The van der Waals surface area contributed by atoms with Gasteiger partial charge in [-0.15, -0.1) is 0 Å². The Balaban J connectivity index is 3.00. The van der Waals surface area contributed by atoms with E-state index in [4.69, 9.17) is 26.3 Å². The monoisotopic (exact) mass is 318 g/mol. The highest BCUT2D eigenvalue weighted by Gasteiger charge is 2.24. The summed E-state index contributed by atoms with van der Waals surface area (Å²) >= 11 is 5.83. The highest BCUT2D eigenvalue weighted by atomic mass is 35.5. The molecule has 0 amide bonds. The van der Waals surface area contributed by atoms with Gasteiger partial charge in [0.25, 0.3) is 0 Å². The van der Waals surface area contributed by atoms with Crippen LogP contribution in [0.2, 0.25) is 5.02 Å². The minimum absolute atomic E-state index is 0.0284. The van der Waals surface area contributed by atoms with Crippen LogP contribution in [0.15, 0.2) is 23.1 Å². The molecule has 0 aliphatic heterocycles. The minimum Gasteiger partial charge on any atom is -0.354 e. The van der Waals surface area contributed by atoms with Crippen molar-refractivity contribution >= 4 is 21.6 Å². The van der Waals surface area contributed by atoms with Gasteiger partial charge < -0.3 is 9.47 Å². The molecular weight excluding hydrogens is 304 g/mol. The number of rotatable bonds is 6. The number of hydrogen-bond acceptors (Lipinski definition) is 5. The summed E-state index contributed by atoms with van der Waals surface area (Å²) in [5.41, 5.74) is 0.213. The van der Waals surface area contributed by atoms with E-state index in [1.54, 1.807) is 6.92 Å². The average Bonchev–Trinajstić information content (AvgIpc) is 2.39. The molecule has 1 atom stereocenters. The lowest BCUT2D eigenvalue weighted by Gasteiger charge is -2.22. The molecule has 0 radical (unpaired) electrons. The SMILES string of the molecule is COC(OC)C(C)NS(=O)(=O)c1ccc(C#N)c(Cl)c1. The average molecular weight is 319 g/mol. The molecule has 20 heavy (non-hydrogen) atoms. The van der Waals surface area contributed by atoms with E-state index in [0.717, 1.165) is 0 Å². The molecule has 0 aliphatic rings. The Morgan fingerprint density at radius 2 is 1.95 bits per heavy atom. The van der Waals surface area contributed by atoms with Gasteiger partial charge in [0, 0.05) is 14.2 Å². The van der Waals surface area contributed by atoms with E-state index in [0.29, 0.717) is 0 Å². The third-order valence-corrected chi connectivity index (χ3v) is 4.45. The molecule has 0 heterocycles. The van der Waals surface area contributed by atoms with Crippen LogP contribution in [0.4, 0.5) is 0 Å². The van der Waals surface area contributed by atoms with Crippen LogP contribution in [0.3, 0.4) is 0 Å². The number of hydrogen-bond donors (Lipinski definition) is 1. The third kappa shape index (κ3) is 3.91. The summed E-state index contributed by atoms with van der Waals surface area (Å²) in [6.07, 6.45) is -0.710. The van der Waals surface area contributed by atoms with Gasteiger partial charge in [-0.2, -0.15) is 5.26 Å². The van der Waals surface area contributed by atoms with Crippen LogP contribution < -0.4 is 4.72 Å². The van der Waals surface area contributed by atoms with Crippen LogP contribution in [0, 0.1) is 11.3 Å². The predicted octanol–water partition coefficient (Wildman–Crippen LogP) is 1.50. The molecule has 6 nitrogen and oxygen atoms in total. The first-order valence-electron chi connectivity index (χ1n) is 5.63. The van der Waals surface area contributed by atoms with E-state index >= 15 is 0 Å². The van der Waals surface area contributed by atoms with Gasteiger partial charge in [-0.05, 0) is 25.1 Å². The Kier molecular flexibility index (Phi) is 5.92. The molecule has 1 N–H and O–H groups in total. The van der Waals surface area contributed by atoms with Crippen molar-refractivity contribution in [3.63, 3.8) is 0 Å². The van der Waals surface area contributed by atoms with Crippen LogP contribution in [-0.4, -0.2) is 35.0 Å². The highest BCUT2D eigenvalue weighted by molar-refractivity contribution is 7.89. The Hall–Kier alpha value is -1.17. The molecule has 0 saturated heterocycles. The van der Waals surface area contributed by atoms with Gasteiger partial charge in [-0.3, -0.25) is 0 Å². The molecule has 1 aromatic rings. The van der Waals surface area contributed by atoms with Crippen molar-refractivity contribution in [2.45, 2.75) is 24.2 Å². The lowest BCUT2D eigenvalue weighted by atomic mass is 10.2. The van der Waals surface area contributed by atoms with Crippen molar-refractivity contribution < 1.29 is 17.9 Å². The first-order chi connectivity index (χ1) is 9.35. The Bertz CT molecular complexity index is 608. The number of methoxy groups -OCH3 is 2. The largest absolute Gasteiger partial charge is 0.354 e. The molecule has 0 aromatic heterocycles. The van der Waals surface area contributed by atoms with E-state index in [-0.39, 0.29) is 15.5 Å². The zero-order valence-electron chi connectivity index (χ0n) is 11.3. The molecule has 0 aliphatic carbocycles.